The van der Waals surface area contributed by atoms with E-state index in [9.17, 15) is 22.8 Å². The second-order valence-corrected chi connectivity index (χ2v) is 11.4. The topological polar surface area (TPSA) is 76.6 Å². The Kier molecular flexibility index (Phi) is 9.15. The van der Waals surface area contributed by atoms with Gasteiger partial charge in [-0.15, -0.1) is 0 Å². The number of nitrogens with one attached hydrogen (secondary N) is 1. The summed E-state index contributed by atoms with van der Waals surface area (Å²) in [7, 11) is 3.81. The number of carbonyl (C=O) groups excluding carboxylic acids is 1. The lowest BCUT2D eigenvalue weighted by atomic mass is 9.93. The first-order valence-corrected chi connectivity index (χ1v) is 14.5. The number of H-pyrrole nitrogens is 1. The van der Waals surface area contributed by atoms with Gasteiger partial charge >= 0.3 is 12.1 Å². The number of allylic oxidation sites excluding steroid dienone is 4. The minimum absolute atomic E-state index is 0.178. The number of esters is 1. The highest BCUT2D eigenvalue weighted by Gasteiger charge is 2.32. The zero-order valence-corrected chi connectivity index (χ0v) is 25.5. The molecule has 234 valence electrons. The van der Waals surface area contributed by atoms with Gasteiger partial charge in [-0.1, -0.05) is 17.2 Å². The quantitative estimate of drug-likeness (QED) is 0.152. The molecule has 7 nitrogen and oxygen atoms in total. The molecule has 4 aromatic rings. The number of benzene rings is 2. The first-order valence-electron chi connectivity index (χ1n) is 14.5. The average molecular weight is 618 g/mol. The van der Waals surface area contributed by atoms with Crippen LogP contribution in [0.1, 0.15) is 42.7 Å². The van der Waals surface area contributed by atoms with Crippen molar-refractivity contribution in [2.24, 2.45) is 0 Å². The standard InChI is InChI=1S/C35H34F3N3O4/c1-22-6-7-25(23(2)16-22)21-41-32(19-27(20-33(41)42)35(36,37)38)24-8-10-28(11-9-24)45-29-12-13-30-26(17-29)18-31(39-30)34(43)44-15-5-14-40(3)4/h5,8-13,15-20,39H,6-7,14,21H2,1-4H3/b15-5+. The van der Waals surface area contributed by atoms with Crippen LogP contribution in [-0.2, 0) is 17.5 Å². The van der Waals surface area contributed by atoms with Crippen LogP contribution in [0.25, 0.3) is 22.2 Å². The maximum Gasteiger partial charge on any atom is 0.416 e. The summed E-state index contributed by atoms with van der Waals surface area (Å²) < 4.78 is 53.7. The van der Waals surface area contributed by atoms with Crippen molar-refractivity contribution in [3.05, 3.63) is 117 Å². The van der Waals surface area contributed by atoms with Crippen molar-refractivity contribution in [1.82, 2.24) is 14.5 Å². The Bertz CT molecular complexity index is 1880. The normalized spacial score (nSPS) is 14.0. The molecule has 0 spiro atoms. The van der Waals surface area contributed by atoms with Crippen LogP contribution in [0.15, 0.2) is 101 Å². The fourth-order valence-electron chi connectivity index (χ4n) is 5.19. The summed E-state index contributed by atoms with van der Waals surface area (Å²) in [6, 6.07) is 15.2. The molecule has 2 aromatic heterocycles. The number of aromatic amines is 1. The molecule has 0 atom stereocenters. The molecule has 0 amide bonds. The van der Waals surface area contributed by atoms with E-state index in [1.807, 2.05) is 32.8 Å². The maximum absolute atomic E-state index is 13.7. The van der Waals surface area contributed by atoms with Gasteiger partial charge < -0.3 is 23.9 Å². The number of halogens is 3. The number of fused-ring (bicyclic) bond motifs is 1. The molecule has 1 aliphatic rings. The Morgan fingerprint density at radius 3 is 2.42 bits per heavy atom. The van der Waals surface area contributed by atoms with Crippen LogP contribution in [-0.4, -0.2) is 41.1 Å². The lowest BCUT2D eigenvalue weighted by molar-refractivity contribution is -0.137. The van der Waals surface area contributed by atoms with E-state index in [4.69, 9.17) is 9.47 Å². The SMILES string of the molecule is CC1=CC(C)=C(Cn2c(-c3ccc(Oc4ccc5[nH]c(C(=O)O/C=C/CN(C)C)cc5c4)cc3)cc(C(F)(F)F)cc2=O)CC1. The second kappa shape index (κ2) is 13.0. The highest BCUT2D eigenvalue weighted by molar-refractivity contribution is 5.95. The van der Waals surface area contributed by atoms with E-state index >= 15 is 0 Å². The van der Waals surface area contributed by atoms with Crippen molar-refractivity contribution in [2.75, 3.05) is 20.6 Å². The van der Waals surface area contributed by atoms with Gasteiger partial charge in [0, 0.05) is 30.1 Å². The van der Waals surface area contributed by atoms with Crippen molar-refractivity contribution in [3.8, 4) is 22.8 Å². The first-order chi connectivity index (χ1) is 21.4. The molecule has 2 aromatic carbocycles. The van der Waals surface area contributed by atoms with Crippen molar-refractivity contribution in [1.29, 1.82) is 0 Å². The molecule has 10 heteroatoms. The Hall–Kier alpha value is -4.83. The Morgan fingerprint density at radius 2 is 1.73 bits per heavy atom. The number of hydrogen-bond acceptors (Lipinski definition) is 5. The molecule has 0 saturated heterocycles. The molecule has 0 saturated carbocycles. The molecule has 0 aliphatic heterocycles. The third kappa shape index (κ3) is 7.64. The third-order valence-corrected chi connectivity index (χ3v) is 7.59. The summed E-state index contributed by atoms with van der Waals surface area (Å²) in [4.78, 5) is 30.4. The third-order valence-electron chi connectivity index (χ3n) is 7.59. The van der Waals surface area contributed by atoms with Crippen LogP contribution < -0.4 is 10.3 Å². The highest BCUT2D eigenvalue weighted by atomic mass is 19.4. The number of alkyl halides is 3. The number of nitrogens with zero attached hydrogens (tertiary/aromatic N) is 2. The number of rotatable bonds is 9. The number of pyridine rings is 1. The van der Waals surface area contributed by atoms with E-state index in [1.165, 1.54) is 16.4 Å². The fourth-order valence-corrected chi connectivity index (χ4v) is 5.19. The van der Waals surface area contributed by atoms with Gasteiger partial charge in [0.25, 0.3) is 5.56 Å². The smallest absolute Gasteiger partial charge is 0.416 e. The molecule has 0 bridgehead atoms. The maximum atomic E-state index is 13.7. The zero-order chi connectivity index (χ0) is 32.3. The zero-order valence-electron chi connectivity index (χ0n) is 25.5. The van der Waals surface area contributed by atoms with Crippen LogP contribution in [0.3, 0.4) is 0 Å². The monoisotopic (exact) mass is 617 g/mol. The minimum Gasteiger partial charge on any atom is -0.457 e. The van der Waals surface area contributed by atoms with Gasteiger partial charge in [0.15, 0.2) is 0 Å². The molecule has 1 aliphatic carbocycles. The predicted octanol–water partition coefficient (Wildman–Crippen LogP) is 8.10. The Balaban J connectivity index is 1.38. The summed E-state index contributed by atoms with van der Waals surface area (Å²) in [6.07, 6.45) is 2.08. The summed E-state index contributed by atoms with van der Waals surface area (Å²) in [5.41, 5.74) is 3.22. The average Bonchev–Trinajstić information content (AvgIpc) is 3.41. The first kappa shape index (κ1) is 31.6. The lowest BCUT2D eigenvalue weighted by Crippen LogP contribution is -2.25. The molecule has 0 unspecified atom stereocenters. The van der Waals surface area contributed by atoms with E-state index in [2.05, 4.69) is 11.1 Å². The molecular weight excluding hydrogens is 583 g/mol. The number of ether oxygens (including phenoxy) is 2. The predicted molar refractivity (Wildman–Crippen MR) is 168 cm³/mol. The van der Waals surface area contributed by atoms with Gasteiger partial charge in [-0.25, -0.2) is 4.79 Å². The largest absolute Gasteiger partial charge is 0.457 e. The number of carbonyl (C=O) groups is 1. The summed E-state index contributed by atoms with van der Waals surface area (Å²) >= 11 is 0. The van der Waals surface area contributed by atoms with E-state index in [0.29, 0.717) is 35.4 Å². The molecule has 5 rings (SSSR count). The van der Waals surface area contributed by atoms with Gasteiger partial charge in [0.2, 0.25) is 0 Å². The lowest BCUT2D eigenvalue weighted by Gasteiger charge is -2.21. The van der Waals surface area contributed by atoms with E-state index in [-0.39, 0.29) is 12.2 Å². The van der Waals surface area contributed by atoms with Crippen LogP contribution >= 0.6 is 0 Å². The molecular formula is C35H34F3N3O4. The molecule has 2 heterocycles. The van der Waals surface area contributed by atoms with Gasteiger partial charge in [-0.3, -0.25) is 4.79 Å². The van der Waals surface area contributed by atoms with Gasteiger partial charge in [0.1, 0.15) is 17.2 Å². The van der Waals surface area contributed by atoms with Crippen molar-refractivity contribution in [3.63, 3.8) is 0 Å². The number of hydrogen-bond donors (Lipinski definition) is 1. The summed E-state index contributed by atoms with van der Waals surface area (Å²) in [5.74, 6) is 0.430. The van der Waals surface area contributed by atoms with Gasteiger partial charge in [0.05, 0.1) is 17.5 Å². The van der Waals surface area contributed by atoms with E-state index in [0.717, 1.165) is 41.0 Å². The molecule has 0 fully saturated rings. The van der Waals surface area contributed by atoms with Crippen molar-refractivity contribution < 1.29 is 27.4 Å². The summed E-state index contributed by atoms with van der Waals surface area (Å²) in [5, 5.41) is 0.735. The Labute approximate surface area is 258 Å². The van der Waals surface area contributed by atoms with Crippen LogP contribution in [0, 0.1) is 0 Å². The second-order valence-electron chi connectivity index (χ2n) is 11.4. The van der Waals surface area contributed by atoms with Gasteiger partial charge in [-0.05, 0) is 113 Å². The summed E-state index contributed by atoms with van der Waals surface area (Å²) in [6.45, 7) is 4.84. The van der Waals surface area contributed by atoms with Crippen LogP contribution in [0.4, 0.5) is 13.2 Å². The van der Waals surface area contributed by atoms with Crippen molar-refractivity contribution in [2.45, 2.75) is 39.4 Å². The highest BCUT2D eigenvalue weighted by Crippen LogP contribution is 2.34. The fraction of sp³-hybridized carbons (Fsp3) is 0.257. The van der Waals surface area contributed by atoms with E-state index < -0.39 is 23.3 Å². The van der Waals surface area contributed by atoms with Gasteiger partial charge in [-0.2, -0.15) is 13.2 Å². The van der Waals surface area contributed by atoms with E-state index in [1.54, 1.807) is 54.6 Å². The van der Waals surface area contributed by atoms with Crippen molar-refractivity contribution >= 4 is 16.9 Å². The number of aromatic nitrogens is 2. The molecule has 0 radical (unpaired) electrons. The number of likely N-dealkylation sites (N-methyl/N-ethyl adjacent to an activating group) is 1. The Morgan fingerprint density at radius 1 is 1.00 bits per heavy atom. The van der Waals surface area contributed by atoms with Crippen LogP contribution in [0.5, 0.6) is 11.5 Å². The molecule has 45 heavy (non-hydrogen) atoms. The molecule has 1 N–H and O–H groups in total. The minimum atomic E-state index is -4.66. The van der Waals surface area contributed by atoms with Crippen LogP contribution in [0.2, 0.25) is 0 Å².